The lowest BCUT2D eigenvalue weighted by Crippen LogP contribution is -2.27. The van der Waals surface area contributed by atoms with Crippen molar-refractivity contribution in [3.05, 3.63) is 0 Å². The summed E-state index contributed by atoms with van der Waals surface area (Å²) >= 11 is 0. The summed E-state index contributed by atoms with van der Waals surface area (Å²) in [6.07, 6.45) is 2.04. The Morgan fingerprint density at radius 3 is 2.31 bits per heavy atom. The normalized spacial score (nSPS) is 17.1. The highest BCUT2D eigenvalue weighted by Crippen LogP contribution is 2.00. The number of rotatable bonds is 10. The first-order chi connectivity index (χ1) is 7.56. The van der Waals surface area contributed by atoms with Crippen LogP contribution in [0.25, 0.3) is 0 Å². The maximum absolute atomic E-state index is 5.57. The van der Waals surface area contributed by atoms with Gasteiger partial charge in [-0.3, -0.25) is 0 Å². The molecule has 0 aromatic carbocycles. The Kier molecular flexibility index (Phi) is 9.86. The van der Waals surface area contributed by atoms with Crippen molar-refractivity contribution in [2.24, 2.45) is 11.6 Å². The van der Waals surface area contributed by atoms with Crippen LogP contribution in [0.4, 0.5) is 0 Å². The molecule has 0 rings (SSSR count). The van der Waals surface area contributed by atoms with Crippen LogP contribution < -0.4 is 11.6 Å². The van der Waals surface area contributed by atoms with E-state index < -0.39 is 0 Å². The molecule has 0 aliphatic heterocycles. The topological polar surface area (TPSA) is 79.7 Å². The van der Waals surface area contributed by atoms with Crippen molar-refractivity contribution < 1.29 is 14.3 Å². The standard InChI is InChI=1S/C11H26N2O3/c1-9(12)7-15-11(3)8-14-6-4-5-10(2)16-13/h9-11H,4-8,12-13H2,1-3H3. The van der Waals surface area contributed by atoms with Gasteiger partial charge < -0.3 is 20.0 Å². The van der Waals surface area contributed by atoms with Gasteiger partial charge in [-0.25, -0.2) is 5.90 Å². The predicted molar refractivity (Wildman–Crippen MR) is 63.9 cm³/mol. The Morgan fingerprint density at radius 2 is 1.75 bits per heavy atom. The van der Waals surface area contributed by atoms with Gasteiger partial charge in [-0.15, -0.1) is 0 Å². The van der Waals surface area contributed by atoms with E-state index in [2.05, 4.69) is 4.84 Å². The molecule has 0 heterocycles. The molecule has 4 N–H and O–H groups in total. The van der Waals surface area contributed by atoms with Gasteiger partial charge in [0, 0.05) is 12.6 Å². The van der Waals surface area contributed by atoms with Gasteiger partial charge in [0.15, 0.2) is 0 Å². The fourth-order valence-corrected chi connectivity index (χ4v) is 1.15. The number of hydrogen-bond acceptors (Lipinski definition) is 5. The molecule has 0 fully saturated rings. The van der Waals surface area contributed by atoms with Crippen LogP contribution in [-0.4, -0.2) is 38.1 Å². The smallest absolute Gasteiger partial charge is 0.0781 e. The fraction of sp³-hybridized carbons (Fsp3) is 1.00. The van der Waals surface area contributed by atoms with Gasteiger partial charge in [0.05, 0.1) is 25.4 Å². The average Bonchev–Trinajstić information content (AvgIpc) is 2.25. The summed E-state index contributed by atoms with van der Waals surface area (Å²) in [4.78, 5) is 4.65. The zero-order valence-electron chi connectivity index (χ0n) is 10.6. The van der Waals surface area contributed by atoms with Gasteiger partial charge >= 0.3 is 0 Å². The van der Waals surface area contributed by atoms with Crippen LogP contribution in [0.3, 0.4) is 0 Å². The lowest BCUT2D eigenvalue weighted by atomic mass is 10.2. The molecule has 98 valence electrons. The van der Waals surface area contributed by atoms with E-state index >= 15 is 0 Å². The lowest BCUT2D eigenvalue weighted by Gasteiger charge is -2.15. The van der Waals surface area contributed by atoms with Gasteiger partial charge in [-0.1, -0.05) is 0 Å². The third-order valence-corrected chi connectivity index (χ3v) is 2.13. The third kappa shape index (κ3) is 10.3. The molecule has 16 heavy (non-hydrogen) atoms. The summed E-state index contributed by atoms with van der Waals surface area (Å²) in [5, 5.41) is 0. The molecule has 3 unspecified atom stereocenters. The summed E-state index contributed by atoms with van der Waals surface area (Å²) < 4.78 is 10.9. The van der Waals surface area contributed by atoms with Crippen LogP contribution in [-0.2, 0) is 14.3 Å². The zero-order chi connectivity index (χ0) is 12.4. The SMILES string of the molecule is CC(N)COC(C)COCCCC(C)ON. The van der Waals surface area contributed by atoms with Crippen molar-refractivity contribution in [2.45, 2.75) is 51.9 Å². The van der Waals surface area contributed by atoms with E-state index in [0.29, 0.717) is 19.8 Å². The predicted octanol–water partition coefficient (Wildman–Crippen LogP) is 0.814. The average molecular weight is 234 g/mol. The summed E-state index contributed by atoms with van der Waals surface area (Å²) in [6, 6.07) is 0.0741. The maximum Gasteiger partial charge on any atom is 0.0781 e. The molecule has 3 atom stereocenters. The second-order valence-corrected chi connectivity index (χ2v) is 4.29. The molecule has 0 saturated heterocycles. The van der Waals surface area contributed by atoms with Crippen LogP contribution >= 0.6 is 0 Å². The van der Waals surface area contributed by atoms with Crippen LogP contribution in [0.5, 0.6) is 0 Å². The Morgan fingerprint density at radius 1 is 1.06 bits per heavy atom. The van der Waals surface area contributed by atoms with Crippen molar-refractivity contribution in [3.8, 4) is 0 Å². The molecular weight excluding hydrogens is 208 g/mol. The van der Waals surface area contributed by atoms with E-state index in [1.165, 1.54) is 0 Å². The summed E-state index contributed by atoms with van der Waals surface area (Å²) in [5.41, 5.74) is 5.57. The Balaban J connectivity index is 3.24. The van der Waals surface area contributed by atoms with Crippen molar-refractivity contribution in [1.29, 1.82) is 0 Å². The van der Waals surface area contributed by atoms with E-state index in [0.717, 1.165) is 12.8 Å². The largest absolute Gasteiger partial charge is 0.379 e. The van der Waals surface area contributed by atoms with E-state index in [9.17, 15) is 0 Å². The van der Waals surface area contributed by atoms with Gasteiger partial charge in [-0.05, 0) is 33.6 Å². The molecule has 5 heteroatoms. The highest BCUT2D eigenvalue weighted by Gasteiger charge is 2.04. The minimum absolute atomic E-state index is 0.0741. The van der Waals surface area contributed by atoms with Gasteiger partial charge in [0.2, 0.25) is 0 Å². The Hall–Kier alpha value is -0.200. The van der Waals surface area contributed by atoms with E-state index in [1.807, 2.05) is 20.8 Å². The zero-order valence-corrected chi connectivity index (χ0v) is 10.6. The van der Waals surface area contributed by atoms with Crippen LogP contribution in [0.2, 0.25) is 0 Å². The Labute approximate surface area is 98.4 Å². The van der Waals surface area contributed by atoms with Crippen LogP contribution in [0, 0.1) is 0 Å². The van der Waals surface area contributed by atoms with E-state index in [4.69, 9.17) is 21.1 Å². The number of nitrogens with two attached hydrogens (primary N) is 2. The van der Waals surface area contributed by atoms with E-state index in [1.54, 1.807) is 0 Å². The number of ether oxygens (including phenoxy) is 2. The second-order valence-electron chi connectivity index (χ2n) is 4.29. The van der Waals surface area contributed by atoms with Crippen LogP contribution in [0.1, 0.15) is 33.6 Å². The van der Waals surface area contributed by atoms with Crippen molar-refractivity contribution in [2.75, 3.05) is 19.8 Å². The lowest BCUT2D eigenvalue weighted by molar-refractivity contribution is -0.0141. The summed E-state index contributed by atoms with van der Waals surface area (Å²) in [5.74, 6) is 5.03. The minimum Gasteiger partial charge on any atom is -0.379 e. The molecule has 0 aliphatic carbocycles. The maximum atomic E-state index is 5.57. The fourth-order valence-electron chi connectivity index (χ4n) is 1.15. The highest BCUT2D eigenvalue weighted by molar-refractivity contribution is 4.54. The molecule has 0 aromatic rings. The monoisotopic (exact) mass is 234 g/mol. The molecule has 0 saturated carbocycles. The first-order valence-electron chi connectivity index (χ1n) is 5.86. The minimum atomic E-state index is 0.0741. The summed E-state index contributed by atoms with van der Waals surface area (Å²) in [6.45, 7) is 7.72. The number of hydrogen-bond donors (Lipinski definition) is 2. The van der Waals surface area contributed by atoms with E-state index in [-0.39, 0.29) is 18.2 Å². The second kappa shape index (κ2) is 9.99. The van der Waals surface area contributed by atoms with Gasteiger partial charge in [0.25, 0.3) is 0 Å². The van der Waals surface area contributed by atoms with Crippen molar-refractivity contribution in [3.63, 3.8) is 0 Å². The van der Waals surface area contributed by atoms with Gasteiger partial charge in [-0.2, -0.15) is 0 Å². The summed E-state index contributed by atoms with van der Waals surface area (Å²) in [7, 11) is 0. The quantitative estimate of drug-likeness (QED) is 0.432. The first-order valence-corrected chi connectivity index (χ1v) is 5.86. The molecule has 0 spiro atoms. The molecule has 0 aliphatic rings. The van der Waals surface area contributed by atoms with Crippen molar-refractivity contribution >= 4 is 0 Å². The van der Waals surface area contributed by atoms with Gasteiger partial charge in [0.1, 0.15) is 0 Å². The molecular formula is C11H26N2O3. The molecule has 0 amide bonds. The van der Waals surface area contributed by atoms with Crippen LogP contribution in [0.15, 0.2) is 0 Å². The first kappa shape index (κ1) is 15.8. The third-order valence-electron chi connectivity index (χ3n) is 2.13. The van der Waals surface area contributed by atoms with Crippen molar-refractivity contribution in [1.82, 2.24) is 0 Å². The molecule has 0 aromatic heterocycles. The molecule has 0 radical (unpaired) electrons. The Bertz CT molecular complexity index is 156. The highest BCUT2D eigenvalue weighted by atomic mass is 16.6. The molecule has 5 nitrogen and oxygen atoms in total. The molecule has 0 bridgehead atoms.